The fraction of sp³-hybridized carbons (Fsp3) is 0.750. The molecule has 0 radical (unpaired) electrons. The summed E-state index contributed by atoms with van der Waals surface area (Å²) in [4.78, 5) is 22.9. The molecule has 8 heteroatoms. The number of thioether (sulfide) groups is 2. The van der Waals surface area contributed by atoms with Crippen LogP contribution < -0.4 is 11.5 Å². The molecule has 0 aromatic heterocycles. The molecule has 0 bridgehead atoms. The summed E-state index contributed by atoms with van der Waals surface area (Å²) in [5.74, 6) is 0.686. The zero-order valence-corrected chi connectivity index (χ0v) is 11.6. The molecule has 0 aliphatic carbocycles. The van der Waals surface area contributed by atoms with E-state index in [4.69, 9.17) is 11.5 Å². The van der Waals surface area contributed by atoms with Crippen LogP contribution >= 0.6 is 23.5 Å². The van der Waals surface area contributed by atoms with E-state index in [0.717, 1.165) is 0 Å². The first-order valence-corrected chi connectivity index (χ1v) is 8.38. The number of carbonyl (C=O) groups is 2. The summed E-state index contributed by atoms with van der Waals surface area (Å²) < 4.78 is 11.5. The van der Waals surface area contributed by atoms with Gasteiger partial charge in [0.05, 0.1) is 0 Å². The molecule has 0 fully saturated rings. The van der Waals surface area contributed by atoms with Crippen molar-refractivity contribution in [2.24, 2.45) is 11.5 Å². The van der Waals surface area contributed by atoms with Gasteiger partial charge in [0.2, 0.25) is 0 Å². The highest BCUT2D eigenvalue weighted by Crippen LogP contribution is 2.07. The monoisotopic (exact) mass is 284 g/mol. The zero-order valence-electron chi connectivity index (χ0n) is 9.17. The van der Waals surface area contributed by atoms with Gasteiger partial charge >= 0.3 is 10.2 Å². The van der Waals surface area contributed by atoms with Crippen LogP contribution in [-0.2, 0) is 20.8 Å². The molecule has 4 N–H and O–H groups in total. The van der Waals surface area contributed by atoms with Crippen molar-refractivity contribution in [3.05, 3.63) is 0 Å². The van der Waals surface area contributed by atoms with Crippen molar-refractivity contribution in [1.82, 2.24) is 0 Å². The van der Waals surface area contributed by atoms with E-state index >= 15 is 0 Å². The SMILES string of the molecule is CSCC(N)C(=O)[S+]([O-])C(=O)C(N)CSC. The van der Waals surface area contributed by atoms with Crippen LogP contribution in [0.3, 0.4) is 0 Å². The highest BCUT2D eigenvalue weighted by atomic mass is 32.2. The highest BCUT2D eigenvalue weighted by Gasteiger charge is 2.36. The quantitative estimate of drug-likeness (QED) is 0.613. The van der Waals surface area contributed by atoms with Crippen LogP contribution in [0.25, 0.3) is 0 Å². The van der Waals surface area contributed by atoms with Crippen molar-refractivity contribution in [3.8, 4) is 0 Å². The molecule has 0 aromatic carbocycles. The van der Waals surface area contributed by atoms with Crippen LogP contribution in [0.15, 0.2) is 0 Å². The average molecular weight is 284 g/mol. The van der Waals surface area contributed by atoms with Gasteiger partial charge in [-0.2, -0.15) is 23.5 Å². The smallest absolute Gasteiger partial charge is 0.354 e. The van der Waals surface area contributed by atoms with Crippen LogP contribution in [0.1, 0.15) is 0 Å². The van der Waals surface area contributed by atoms with E-state index in [1.54, 1.807) is 12.5 Å². The van der Waals surface area contributed by atoms with Crippen LogP contribution in [0.2, 0.25) is 0 Å². The fourth-order valence-corrected chi connectivity index (χ4v) is 3.02. The van der Waals surface area contributed by atoms with Gasteiger partial charge in [-0.1, -0.05) is 0 Å². The molecule has 0 amide bonds. The molecular weight excluding hydrogens is 268 g/mol. The first-order valence-electron chi connectivity index (χ1n) is 4.44. The van der Waals surface area contributed by atoms with Crippen LogP contribution in [0.5, 0.6) is 0 Å². The van der Waals surface area contributed by atoms with Gasteiger partial charge in [0, 0.05) is 11.5 Å². The molecule has 0 heterocycles. The Morgan fingerprint density at radius 3 is 1.69 bits per heavy atom. The van der Waals surface area contributed by atoms with Crippen molar-refractivity contribution in [3.63, 3.8) is 0 Å². The molecule has 2 unspecified atom stereocenters. The van der Waals surface area contributed by atoms with Gasteiger partial charge in [0.25, 0.3) is 0 Å². The minimum absolute atomic E-state index is 0.343. The second-order valence-electron chi connectivity index (χ2n) is 3.03. The van der Waals surface area contributed by atoms with Gasteiger partial charge in [-0.25, -0.2) is 9.59 Å². The molecule has 0 saturated heterocycles. The van der Waals surface area contributed by atoms with Crippen molar-refractivity contribution < 1.29 is 14.1 Å². The highest BCUT2D eigenvalue weighted by molar-refractivity contribution is 8.19. The van der Waals surface area contributed by atoms with Crippen molar-refractivity contribution >= 4 is 44.9 Å². The minimum Gasteiger partial charge on any atom is -0.602 e. The molecule has 0 saturated carbocycles. The van der Waals surface area contributed by atoms with Gasteiger partial charge in [-0.15, -0.1) is 0 Å². The third-order valence-electron chi connectivity index (χ3n) is 1.66. The van der Waals surface area contributed by atoms with Gasteiger partial charge in [-0.05, 0) is 12.5 Å². The maximum atomic E-state index is 11.5. The summed E-state index contributed by atoms with van der Waals surface area (Å²) in [5, 5.41) is -1.48. The molecule has 0 aromatic rings. The number of hydrogen-bond donors (Lipinski definition) is 2. The third kappa shape index (κ3) is 5.07. The van der Waals surface area contributed by atoms with E-state index in [0.29, 0.717) is 11.5 Å². The van der Waals surface area contributed by atoms with E-state index in [-0.39, 0.29) is 0 Å². The second kappa shape index (κ2) is 8.37. The molecule has 0 aliphatic rings. The van der Waals surface area contributed by atoms with Crippen LogP contribution in [0.4, 0.5) is 0 Å². The summed E-state index contributed by atoms with van der Waals surface area (Å²) >= 11 is 0.491. The zero-order chi connectivity index (χ0) is 12.7. The Bertz CT molecular complexity index is 229. The first-order chi connectivity index (χ1) is 7.45. The van der Waals surface area contributed by atoms with Crippen LogP contribution in [0, 0.1) is 0 Å². The van der Waals surface area contributed by atoms with Gasteiger partial charge < -0.3 is 16.0 Å². The lowest BCUT2D eigenvalue weighted by Gasteiger charge is -2.13. The van der Waals surface area contributed by atoms with E-state index in [1.807, 2.05) is 0 Å². The fourth-order valence-electron chi connectivity index (χ4n) is 0.869. The third-order valence-corrected chi connectivity index (χ3v) is 4.38. The van der Waals surface area contributed by atoms with E-state index < -0.39 is 33.5 Å². The Balaban J connectivity index is 4.36. The van der Waals surface area contributed by atoms with Gasteiger partial charge in [0.15, 0.2) is 0 Å². The number of rotatable bonds is 6. The predicted molar refractivity (Wildman–Crippen MR) is 70.9 cm³/mol. The normalized spacial score (nSPS) is 16.6. The lowest BCUT2D eigenvalue weighted by Crippen LogP contribution is -2.46. The van der Waals surface area contributed by atoms with Crippen molar-refractivity contribution in [1.29, 1.82) is 0 Å². The Morgan fingerprint density at radius 1 is 1.12 bits per heavy atom. The Hall–Kier alpha value is 0.270. The topological polar surface area (TPSA) is 109 Å². The van der Waals surface area contributed by atoms with E-state index in [2.05, 4.69) is 0 Å². The molecule has 16 heavy (non-hydrogen) atoms. The summed E-state index contributed by atoms with van der Waals surface area (Å²) in [7, 11) is 0. The maximum Gasteiger partial charge on any atom is 0.354 e. The minimum atomic E-state index is -2.23. The first kappa shape index (κ1) is 16.3. The Kier molecular flexibility index (Phi) is 8.52. The number of hydrogen-bond acceptors (Lipinski definition) is 7. The summed E-state index contributed by atoms with van der Waals surface area (Å²) in [5.41, 5.74) is 11.0. The summed E-state index contributed by atoms with van der Waals surface area (Å²) in [6, 6.07) is -1.75. The van der Waals surface area contributed by atoms with Gasteiger partial charge in [0.1, 0.15) is 23.3 Å². The van der Waals surface area contributed by atoms with Gasteiger partial charge in [-0.3, -0.25) is 0 Å². The molecule has 94 valence electrons. The summed E-state index contributed by atoms with van der Waals surface area (Å²) in [6.07, 6.45) is 3.55. The summed E-state index contributed by atoms with van der Waals surface area (Å²) in [6.45, 7) is 0. The van der Waals surface area contributed by atoms with Crippen molar-refractivity contribution in [2.75, 3.05) is 24.0 Å². The molecule has 0 rings (SSSR count). The lowest BCUT2D eigenvalue weighted by atomic mass is 10.4. The van der Waals surface area contributed by atoms with E-state index in [1.165, 1.54) is 23.5 Å². The second-order valence-corrected chi connectivity index (χ2v) is 6.19. The van der Waals surface area contributed by atoms with E-state index in [9.17, 15) is 14.1 Å². The number of carbonyl (C=O) groups excluding carboxylic acids is 2. The maximum absolute atomic E-state index is 11.5. The predicted octanol–water partition coefficient (Wildman–Crippen LogP) is -0.831. The molecule has 2 atom stereocenters. The largest absolute Gasteiger partial charge is 0.602 e. The standard InChI is InChI=1S/C8H16N2O3S3/c1-14-3-5(9)7(11)16(13)8(12)6(10)4-15-2/h5-6H,3-4,9-10H2,1-2H3. The Labute approximate surface area is 107 Å². The van der Waals surface area contributed by atoms with Crippen molar-refractivity contribution in [2.45, 2.75) is 12.1 Å². The Morgan fingerprint density at radius 2 is 1.44 bits per heavy atom. The lowest BCUT2D eigenvalue weighted by molar-refractivity contribution is -0.115. The molecule has 0 spiro atoms. The molecular formula is C8H16N2O3S3. The number of nitrogens with two attached hydrogens (primary N) is 2. The molecule has 5 nitrogen and oxygen atoms in total. The van der Waals surface area contributed by atoms with Crippen LogP contribution in [-0.4, -0.2) is 50.9 Å². The molecule has 0 aliphatic heterocycles. The average Bonchev–Trinajstić information content (AvgIpc) is 2.26.